The van der Waals surface area contributed by atoms with Crippen LogP contribution in [0.2, 0.25) is 5.02 Å². The molecule has 0 aliphatic heterocycles. The highest BCUT2D eigenvalue weighted by Gasteiger charge is 2.31. The van der Waals surface area contributed by atoms with Gasteiger partial charge < -0.3 is 19.7 Å². The van der Waals surface area contributed by atoms with Gasteiger partial charge in [-0.15, -0.1) is 0 Å². The van der Waals surface area contributed by atoms with E-state index in [4.69, 9.17) is 21.1 Å². The summed E-state index contributed by atoms with van der Waals surface area (Å²) in [5, 5.41) is 3.19. The van der Waals surface area contributed by atoms with Crippen LogP contribution >= 0.6 is 11.6 Å². The van der Waals surface area contributed by atoms with Crippen molar-refractivity contribution in [2.45, 2.75) is 12.6 Å². The Labute approximate surface area is 203 Å². The summed E-state index contributed by atoms with van der Waals surface area (Å²) in [5.74, 6) is -0.822. The van der Waals surface area contributed by atoms with Gasteiger partial charge in [0, 0.05) is 20.2 Å². The van der Waals surface area contributed by atoms with Crippen LogP contribution in [0.25, 0.3) is 0 Å². The normalized spacial score (nSPS) is 11.5. The molecule has 0 aliphatic carbocycles. The van der Waals surface area contributed by atoms with Gasteiger partial charge in [-0.2, -0.15) is 0 Å². The third kappa shape index (κ3) is 7.04. The van der Waals surface area contributed by atoms with Crippen molar-refractivity contribution in [2.75, 3.05) is 26.9 Å². The molecule has 0 heterocycles. The van der Waals surface area contributed by atoms with Gasteiger partial charge in [-0.25, -0.2) is 4.39 Å². The van der Waals surface area contributed by atoms with Crippen molar-refractivity contribution < 1.29 is 23.5 Å². The molecule has 0 saturated carbocycles. The fourth-order valence-corrected chi connectivity index (χ4v) is 3.57. The minimum absolute atomic E-state index is 0.0717. The van der Waals surface area contributed by atoms with E-state index in [2.05, 4.69) is 5.32 Å². The Balaban J connectivity index is 1.91. The number of para-hydroxylation sites is 1. The summed E-state index contributed by atoms with van der Waals surface area (Å²) in [6.45, 7) is 0.351. The predicted octanol–water partition coefficient (Wildman–Crippen LogP) is 4.39. The van der Waals surface area contributed by atoms with E-state index in [1.807, 2.05) is 6.07 Å². The monoisotopic (exact) mass is 484 g/mol. The van der Waals surface area contributed by atoms with Crippen LogP contribution in [0.1, 0.15) is 17.2 Å². The number of carbonyl (C=O) groups is 2. The van der Waals surface area contributed by atoms with Crippen molar-refractivity contribution in [2.24, 2.45) is 0 Å². The Kier molecular flexibility index (Phi) is 9.43. The lowest BCUT2D eigenvalue weighted by Gasteiger charge is -2.31. The molecule has 0 spiro atoms. The number of hydrogen-bond donors (Lipinski definition) is 1. The average Bonchev–Trinajstić information content (AvgIpc) is 2.85. The number of nitrogens with one attached hydrogen (secondary N) is 1. The standard InChI is InChI=1S/C26H26ClFN2O4/c1-33-16-15-29-26(32)25(20-7-3-2-4-8-20)30(17-19-11-13-21(28)14-12-19)24(31)18-34-23-10-6-5-9-22(23)27/h2-14,25H,15-18H2,1H3,(H,29,32). The fourth-order valence-electron chi connectivity index (χ4n) is 3.38. The fraction of sp³-hybridized carbons (Fsp3) is 0.231. The number of hydrogen-bond acceptors (Lipinski definition) is 4. The SMILES string of the molecule is COCCNC(=O)C(c1ccccc1)N(Cc1ccc(F)cc1)C(=O)COc1ccccc1Cl. The molecule has 2 amide bonds. The van der Waals surface area contributed by atoms with Gasteiger partial charge in [-0.05, 0) is 35.4 Å². The summed E-state index contributed by atoms with van der Waals surface area (Å²) < 4.78 is 24.2. The summed E-state index contributed by atoms with van der Waals surface area (Å²) in [7, 11) is 1.54. The van der Waals surface area contributed by atoms with Gasteiger partial charge in [0.1, 0.15) is 17.6 Å². The van der Waals surface area contributed by atoms with Gasteiger partial charge in [-0.1, -0.05) is 66.2 Å². The minimum Gasteiger partial charge on any atom is -0.482 e. The first-order valence-corrected chi connectivity index (χ1v) is 11.1. The first-order chi connectivity index (χ1) is 16.5. The minimum atomic E-state index is -0.939. The van der Waals surface area contributed by atoms with Gasteiger partial charge in [0.25, 0.3) is 5.91 Å². The molecule has 0 bridgehead atoms. The van der Waals surface area contributed by atoms with Crippen LogP contribution in [0.4, 0.5) is 4.39 Å². The van der Waals surface area contributed by atoms with Crippen LogP contribution < -0.4 is 10.1 Å². The molecule has 1 atom stereocenters. The number of amides is 2. The molecule has 3 aromatic carbocycles. The molecule has 3 aromatic rings. The Bertz CT molecular complexity index is 1080. The van der Waals surface area contributed by atoms with E-state index in [0.29, 0.717) is 28.5 Å². The number of benzene rings is 3. The van der Waals surface area contributed by atoms with Gasteiger partial charge in [0.05, 0.1) is 11.6 Å². The summed E-state index contributed by atoms with van der Waals surface area (Å²) in [6, 6.07) is 20.7. The van der Waals surface area contributed by atoms with Crippen molar-refractivity contribution >= 4 is 23.4 Å². The molecule has 0 fully saturated rings. The molecular weight excluding hydrogens is 459 g/mol. The molecular formula is C26H26ClFN2O4. The zero-order chi connectivity index (χ0) is 24.3. The average molecular weight is 485 g/mol. The van der Waals surface area contributed by atoms with Crippen LogP contribution in [0.3, 0.4) is 0 Å². The zero-order valence-corrected chi connectivity index (χ0v) is 19.5. The highest BCUT2D eigenvalue weighted by molar-refractivity contribution is 6.32. The molecule has 0 aromatic heterocycles. The third-order valence-electron chi connectivity index (χ3n) is 5.06. The number of halogens is 2. The van der Waals surface area contributed by atoms with Gasteiger partial charge in [0.15, 0.2) is 6.61 Å². The zero-order valence-electron chi connectivity index (χ0n) is 18.7. The molecule has 8 heteroatoms. The van der Waals surface area contributed by atoms with Crippen LogP contribution in [0, 0.1) is 5.82 Å². The van der Waals surface area contributed by atoms with Crippen molar-refractivity contribution in [3.63, 3.8) is 0 Å². The summed E-state index contributed by atoms with van der Waals surface area (Å²) in [4.78, 5) is 28.1. The second-order valence-electron chi connectivity index (χ2n) is 7.46. The third-order valence-corrected chi connectivity index (χ3v) is 5.37. The number of methoxy groups -OCH3 is 1. The van der Waals surface area contributed by atoms with E-state index < -0.39 is 11.9 Å². The molecule has 6 nitrogen and oxygen atoms in total. The second-order valence-corrected chi connectivity index (χ2v) is 7.87. The van der Waals surface area contributed by atoms with Crippen LogP contribution in [0.15, 0.2) is 78.9 Å². The van der Waals surface area contributed by atoms with E-state index in [1.165, 1.54) is 24.1 Å². The predicted molar refractivity (Wildman–Crippen MR) is 128 cm³/mol. The lowest BCUT2D eigenvalue weighted by atomic mass is 10.0. The molecule has 0 radical (unpaired) electrons. The van der Waals surface area contributed by atoms with Crippen molar-refractivity contribution in [3.05, 3.63) is 101 Å². The Morgan fingerprint density at radius 2 is 1.68 bits per heavy atom. The van der Waals surface area contributed by atoms with Crippen molar-refractivity contribution in [3.8, 4) is 5.75 Å². The highest BCUT2D eigenvalue weighted by atomic mass is 35.5. The summed E-state index contributed by atoms with van der Waals surface area (Å²) in [6.07, 6.45) is 0. The lowest BCUT2D eigenvalue weighted by molar-refractivity contribution is -0.143. The topological polar surface area (TPSA) is 67.9 Å². The maximum absolute atomic E-state index is 13.5. The quantitative estimate of drug-likeness (QED) is 0.410. The maximum Gasteiger partial charge on any atom is 0.261 e. The molecule has 1 unspecified atom stereocenters. The molecule has 178 valence electrons. The number of ether oxygens (including phenoxy) is 2. The van der Waals surface area contributed by atoms with Gasteiger partial charge in [0.2, 0.25) is 5.91 Å². The van der Waals surface area contributed by atoms with Crippen LogP contribution in [-0.4, -0.2) is 43.6 Å². The molecule has 3 rings (SSSR count). The number of carbonyl (C=O) groups excluding carboxylic acids is 2. The van der Waals surface area contributed by atoms with E-state index in [-0.39, 0.29) is 31.4 Å². The van der Waals surface area contributed by atoms with E-state index >= 15 is 0 Å². The molecule has 0 saturated heterocycles. The number of nitrogens with zero attached hydrogens (tertiary/aromatic N) is 1. The Hall–Kier alpha value is -3.42. The highest BCUT2D eigenvalue weighted by Crippen LogP contribution is 2.26. The van der Waals surface area contributed by atoms with Crippen molar-refractivity contribution in [1.82, 2.24) is 10.2 Å². The molecule has 1 N–H and O–H groups in total. The number of rotatable bonds is 11. The van der Waals surface area contributed by atoms with E-state index in [9.17, 15) is 14.0 Å². The van der Waals surface area contributed by atoms with Gasteiger partial charge >= 0.3 is 0 Å². The largest absolute Gasteiger partial charge is 0.482 e. The first kappa shape index (κ1) is 25.2. The Morgan fingerprint density at radius 1 is 1.00 bits per heavy atom. The lowest BCUT2D eigenvalue weighted by Crippen LogP contribution is -2.45. The van der Waals surface area contributed by atoms with Gasteiger partial charge in [-0.3, -0.25) is 9.59 Å². The van der Waals surface area contributed by atoms with Crippen LogP contribution in [-0.2, 0) is 20.9 Å². The van der Waals surface area contributed by atoms with E-state index in [1.54, 1.807) is 60.7 Å². The van der Waals surface area contributed by atoms with Crippen molar-refractivity contribution in [1.29, 1.82) is 0 Å². The van der Waals surface area contributed by atoms with Crippen LogP contribution in [0.5, 0.6) is 5.75 Å². The molecule has 34 heavy (non-hydrogen) atoms. The Morgan fingerprint density at radius 3 is 2.35 bits per heavy atom. The first-order valence-electron chi connectivity index (χ1n) is 10.7. The maximum atomic E-state index is 13.5. The second kappa shape index (κ2) is 12.7. The van der Waals surface area contributed by atoms with E-state index in [0.717, 1.165) is 0 Å². The smallest absolute Gasteiger partial charge is 0.261 e. The summed E-state index contributed by atoms with van der Waals surface area (Å²) >= 11 is 6.15. The summed E-state index contributed by atoms with van der Waals surface area (Å²) in [5.41, 5.74) is 1.30. The molecule has 0 aliphatic rings.